The van der Waals surface area contributed by atoms with E-state index in [0.717, 1.165) is 41.0 Å². The number of nitrogens with one attached hydrogen (secondary N) is 1. The van der Waals surface area contributed by atoms with E-state index >= 15 is 0 Å². The summed E-state index contributed by atoms with van der Waals surface area (Å²) in [6.07, 6.45) is 3.84. The van der Waals surface area contributed by atoms with Gasteiger partial charge < -0.3 is 14.8 Å². The van der Waals surface area contributed by atoms with Crippen LogP contribution in [0.2, 0.25) is 0 Å². The van der Waals surface area contributed by atoms with Crippen LogP contribution in [0.15, 0.2) is 66.9 Å². The summed E-state index contributed by atoms with van der Waals surface area (Å²) in [4.78, 5) is 15.3. The molecule has 27 heavy (non-hydrogen) atoms. The van der Waals surface area contributed by atoms with Gasteiger partial charge in [-0.25, -0.2) is 4.79 Å². The summed E-state index contributed by atoms with van der Waals surface area (Å²) in [5, 5.41) is 3.15. The molecule has 0 bridgehead atoms. The van der Waals surface area contributed by atoms with Gasteiger partial charge in [0.2, 0.25) is 0 Å². The molecule has 1 N–H and O–H groups in total. The van der Waals surface area contributed by atoms with Gasteiger partial charge in [0.1, 0.15) is 0 Å². The third-order valence-corrected chi connectivity index (χ3v) is 5.38. The summed E-state index contributed by atoms with van der Waals surface area (Å²) < 4.78 is 2.22. The Bertz CT molecular complexity index is 960. The van der Waals surface area contributed by atoms with Crippen LogP contribution in [0.4, 0.5) is 10.5 Å². The van der Waals surface area contributed by atoms with Crippen LogP contribution in [0.5, 0.6) is 0 Å². The van der Waals surface area contributed by atoms with E-state index in [1.807, 2.05) is 29.2 Å². The molecule has 138 valence electrons. The molecule has 4 heteroatoms. The van der Waals surface area contributed by atoms with Gasteiger partial charge in [0.25, 0.3) is 0 Å². The fraction of sp³-hybridized carbons (Fsp3) is 0.261. The molecule has 1 atom stereocenters. The minimum Gasteiger partial charge on any atom is -0.318 e. The fourth-order valence-electron chi connectivity index (χ4n) is 4.00. The van der Waals surface area contributed by atoms with Crippen LogP contribution in [0.25, 0.3) is 5.69 Å². The molecule has 3 aromatic rings. The van der Waals surface area contributed by atoms with Gasteiger partial charge in [-0.2, -0.15) is 0 Å². The summed E-state index contributed by atoms with van der Waals surface area (Å²) in [6.45, 7) is 4.84. The van der Waals surface area contributed by atoms with Crippen molar-refractivity contribution in [1.29, 1.82) is 0 Å². The number of fused-ring (bicyclic) bond motifs is 3. The Hall–Kier alpha value is -3.01. The third-order valence-electron chi connectivity index (χ3n) is 5.38. The number of aryl methyl sites for hydroxylation is 1. The highest BCUT2D eigenvalue weighted by molar-refractivity contribution is 5.90. The van der Waals surface area contributed by atoms with E-state index in [-0.39, 0.29) is 12.1 Å². The van der Waals surface area contributed by atoms with Crippen molar-refractivity contribution in [3.63, 3.8) is 0 Å². The Kier molecular flexibility index (Phi) is 4.71. The van der Waals surface area contributed by atoms with Gasteiger partial charge in [0.15, 0.2) is 0 Å². The van der Waals surface area contributed by atoms with Crippen molar-refractivity contribution in [2.24, 2.45) is 0 Å². The summed E-state index contributed by atoms with van der Waals surface area (Å²) in [5.41, 5.74) is 5.51. The van der Waals surface area contributed by atoms with Crippen LogP contribution in [0, 0.1) is 0 Å². The largest absolute Gasteiger partial charge is 0.322 e. The van der Waals surface area contributed by atoms with Crippen molar-refractivity contribution >= 4 is 11.7 Å². The molecule has 4 rings (SSSR count). The molecule has 0 aliphatic carbocycles. The molecule has 1 aromatic heterocycles. The molecule has 0 radical (unpaired) electrons. The number of para-hydroxylation sites is 2. The van der Waals surface area contributed by atoms with Crippen molar-refractivity contribution < 1.29 is 4.79 Å². The Balaban J connectivity index is 1.73. The summed E-state index contributed by atoms with van der Waals surface area (Å²) >= 11 is 0. The maximum atomic E-state index is 13.3. The SMILES string of the molecule is CCc1ccccc1NC(=O)N1Cc2ccccc2-n2cccc2[C@@H]1CC. The van der Waals surface area contributed by atoms with Crippen LogP contribution in [-0.2, 0) is 13.0 Å². The number of amides is 2. The second-order valence-electron chi connectivity index (χ2n) is 6.92. The molecule has 0 saturated carbocycles. The second kappa shape index (κ2) is 7.31. The maximum absolute atomic E-state index is 13.3. The number of carbonyl (C=O) groups excluding carboxylic acids is 1. The van der Waals surface area contributed by atoms with Gasteiger partial charge in [-0.15, -0.1) is 0 Å². The molecule has 2 heterocycles. The van der Waals surface area contributed by atoms with Gasteiger partial charge in [0.05, 0.1) is 18.3 Å². The van der Waals surface area contributed by atoms with Crippen LogP contribution >= 0.6 is 0 Å². The van der Waals surface area contributed by atoms with Gasteiger partial charge >= 0.3 is 6.03 Å². The first kappa shape index (κ1) is 17.4. The first-order valence-corrected chi connectivity index (χ1v) is 9.64. The maximum Gasteiger partial charge on any atom is 0.322 e. The van der Waals surface area contributed by atoms with E-state index in [1.54, 1.807) is 0 Å². The van der Waals surface area contributed by atoms with Gasteiger partial charge in [-0.05, 0) is 48.2 Å². The Labute approximate surface area is 160 Å². The molecular weight excluding hydrogens is 334 g/mol. The van der Waals surface area contributed by atoms with Crippen molar-refractivity contribution in [1.82, 2.24) is 9.47 Å². The molecule has 0 spiro atoms. The van der Waals surface area contributed by atoms with E-state index < -0.39 is 0 Å². The van der Waals surface area contributed by atoms with E-state index in [4.69, 9.17) is 0 Å². The first-order valence-electron chi connectivity index (χ1n) is 9.64. The molecule has 1 aliphatic heterocycles. The highest BCUT2D eigenvalue weighted by Crippen LogP contribution is 2.34. The number of aromatic nitrogens is 1. The lowest BCUT2D eigenvalue weighted by Gasteiger charge is -2.30. The zero-order valence-electron chi connectivity index (χ0n) is 15.9. The quantitative estimate of drug-likeness (QED) is 0.655. The number of urea groups is 1. The number of carbonyl (C=O) groups is 1. The summed E-state index contributed by atoms with van der Waals surface area (Å²) in [5.74, 6) is 0. The Morgan fingerprint density at radius 2 is 1.81 bits per heavy atom. The zero-order valence-corrected chi connectivity index (χ0v) is 15.9. The average Bonchev–Trinajstić information content (AvgIpc) is 3.13. The minimum atomic E-state index is -0.0489. The molecular formula is C23H25N3O. The smallest absolute Gasteiger partial charge is 0.318 e. The number of anilines is 1. The second-order valence-corrected chi connectivity index (χ2v) is 6.92. The molecule has 0 saturated heterocycles. The van der Waals surface area contributed by atoms with Gasteiger partial charge in [-0.3, -0.25) is 0 Å². The van der Waals surface area contributed by atoms with Crippen molar-refractivity contribution in [3.05, 3.63) is 83.7 Å². The average molecular weight is 359 g/mol. The van der Waals surface area contributed by atoms with E-state index in [2.05, 4.69) is 66.3 Å². The molecule has 1 aliphatic rings. The highest BCUT2D eigenvalue weighted by Gasteiger charge is 2.30. The van der Waals surface area contributed by atoms with E-state index in [9.17, 15) is 4.79 Å². The monoisotopic (exact) mass is 359 g/mol. The van der Waals surface area contributed by atoms with Crippen molar-refractivity contribution in [3.8, 4) is 5.69 Å². The van der Waals surface area contributed by atoms with E-state index in [1.165, 1.54) is 0 Å². The standard InChI is InChI=1S/C23H25N3O/c1-3-17-10-5-7-12-19(17)24-23(27)26-16-18-11-6-8-13-21(18)25-15-9-14-22(25)20(26)4-2/h5-15,20H,3-4,16H2,1-2H3,(H,24,27)/t20-/m0/s1. The van der Waals surface area contributed by atoms with Crippen molar-refractivity contribution in [2.45, 2.75) is 39.3 Å². The van der Waals surface area contributed by atoms with Crippen LogP contribution in [0.1, 0.15) is 43.1 Å². The topological polar surface area (TPSA) is 37.3 Å². The van der Waals surface area contributed by atoms with E-state index in [0.29, 0.717) is 6.54 Å². The van der Waals surface area contributed by atoms with Gasteiger partial charge in [-0.1, -0.05) is 50.2 Å². The number of hydrogen-bond acceptors (Lipinski definition) is 1. The fourth-order valence-corrected chi connectivity index (χ4v) is 4.00. The lowest BCUT2D eigenvalue weighted by molar-refractivity contribution is 0.181. The van der Waals surface area contributed by atoms with Crippen molar-refractivity contribution in [2.75, 3.05) is 5.32 Å². The van der Waals surface area contributed by atoms with Gasteiger partial charge in [0, 0.05) is 17.6 Å². The minimum absolute atomic E-state index is 0.0289. The molecule has 4 nitrogen and oxygen atoms in total. The number of benzene rings is 2. The summed E-state index contributed by atoms with van der Waals surface area (Å²) in [6, 6.07) is 20.5. The number of rotatable bonds is 3. The normalized spacial score (nSPS) is 15.6. The third kappa shape index (κ3) is 3.12. The Morgan fingerprint density at radius 3 is 2.63 bits per heavy atom. The number of hydrogen-bond donors (Lipinski definition) is 1. The summed E-state index contributed by atoms with van der Waals surface area (Å²) in [7, 11) is 0. The Morgan fingerprint density at radius 1 is 1.04 bits per heavy atom. The first-order chi connectivity index (χ1) is 13.2. The predicted octanol–water partition coefficient (Wildman–Crippen LogP) is 5.54. The van der Waals surface area contributed by atoms with Crippen LogP contribution < -0.4 is 5.32 Å². The molecule has 2 amide bonds. The lowest BCUT2D eigenvalue weighted by Crippen LogP contribution is -2.37. The predicted molar refractivity (Wildman–Crippen MR) is 109 cm³/mol. The molecule has 2 aromatic carbocycles. The van der Waals surface area contributed by atoms with Crippen LogP contribution in [-0.4, -0.2) is 15.5 Å². The van der Waals surface area contributed by atoms with Crippen LogP contribution in [0.3, 0.4) is 0 Å². The molecule has 0 unspecified atom stereocenters. The lowest BCUT2D eigenvalue weighted by atomic mass is 10.1. The molecule has 0 fully saturated rings. The highest BCUT2D eigenvalue weighted by atomic mass is 16.2. The zero-order chi connectivity index (χ0) is 18.8. The number of nitrogens with zero attached hydrogens (tertiary/aromatic N) is 2.